The molecule has 0 aromatic carbocycles. The van der Waals surface area contributed by atoms with Gasteiger partial charge in [-0.25, -0.2) is 0 Å². The Hall–Kier alpha value is 0.759. The first-order valence-corrected chi connectivity index (χ1v) is 8.93. The van der Waals surface area contributed by atoms with Crippen LogP contribution in [0.2, 0.25) is 9.38 Å². The molecular formula is C5H13OSn. The Morgan fingerprint density at radius 2 is 2.14 bits per heavy atom. The predicted octanol–water partition coefficient (Wildman–Crippen LogP) is 1.40. The van der Waals surface area contributed by atoms with Crippen molar-refractivity contribution in [2.45, 2.75) is 29.1 Å². The fourth-order valence-corrected chi connectivity index (χ4v) is 2.90. The zero-order valence-corrected chi connectivity index (χ0v) is 7.92. The Balaban J connectivity index is 2.68. The normalized spacial score (nSPS) is 10.3. The molecule has 0 amide bonds. The minimum atomic E-state index is -1.64. The molecule has 43 valence electrons. The molecule has 0 saturated carbocycles. The van der Waals surface area contributed by atoms with E-state index >= 15 is 0 Å². The second-order valence-electron chi connectivity index (χ2n) is 1.84. The van der Waals surface area contributed by atoms with E-state index in [-0.39, 0.29) is 0 Å². The van der Waals surface area contributed by atoms with E-state index in [1.54, 1.807) is 0 Å². The van der Waals surface area contributed by atoms with Gasteiger partial charge in [0, 0.05) is 0 Å². The SMILES string of the molecule is CCC[CH2][Sn]([CH3])[OH]. The molecule has 0 aliphatic carbocycles. The van der Waals surface area contributed by atoms with E-state index < -0.39 is 20.2 Å². The Kier molecular flexibility index (Phi) is 5.44. The molecule has 0 aliphatic heterocycles. The molecule has 1 N–H and O–H groups in total. The number of unbranched alkanes of at least 4 members (excludes halogenated alkanes) is 1. The molecule has 1 radical (unpaired) electrons. The van der Waals surface area contributed by atoms with Gasteiger partial charge in [-0.2, -0.15) is 0 Å². The fourth-order valence-electron chi connectivity index (χ4n) is 0.433. The molecule has 0 heterocycles. The van der Waals surface area contributed by atoms with E-state index in [1.165, 1.54) is 12.8 Å². The summed E-state index contributed by atoms with van der Waals surface area (Å²) in [4.78, 5) is 2.03. The van der Waals surface area contributed by atoms with Gasteiger partial charge in [0.05, 0.1) is 0 Å². The zero-order chi connectivity index (χ0) is 5.70. The van der Waals surface area contributed by atoms with Crippen molar-refractivity contribution in [3.8, 4) is 0 Å². The number of hydrogen-bond acceptors (Lipinski definition) is 1. The van der Waals surface area contributed by atoms with Crippen molar-refractivity contribution in [1.29, 1.82) is 0 Å². The molecule has 2 heteroatoms. The number of hydrogen-bond donors (Lipinski definition) is 1. The van der Waals surface area contributed by atoms with Crippen molar-refractivity contribution in [2.75, 3.05) is 0 Å². The van der Waals surface area contributed by atoms with Crippen LogP contribution in [-0.2, 0) is 0 Å². The first kappa shape index (κ1) is 7.76. The molecule has 1 nitrogen and oxygen atoms in total. The number of rotatable bonds is 3. The van der Waals surface area contributed by atoms with Gasteiger partial charge in [-0.05, 0) is 0 Å². The minimum absolute atomic E-state index is 1.15. The van der Waals surface area contributed by atoms with Crippen LogP contribution in [0.5, 0.6) is 0 Å². The summed E-state index contributed by atoms with van der Waals surface area (Å²) in [6, 6.07) is 0. The van der Waals surface area contributed by atoms with E-state index in [0.717, 1.165) is 4.44 Å². The summed E-state index contributed by atoms with van der Waals surface area (Å²) in [7, 11) is 0. The summed E-state index contributed by atoms with van der Waals surface area (Å²) in [5.41, 5.74) is 0. The summed E-state index contributed by atoms with van der Waals surface area (Å²) in [6.07, 6.45) is 2.47. The second kappa shape index (κ2) is 4.91. The monoisotopic (exact) mass is 209 g/mol. The van der Waals surface area contributed by atoms with Crippen LogP contribution < -0.4 is 0 Å². The van der Waals surface area contributed by atoms with E-state index in [9.17, 15) is 0 Å². The molecule has 0 fully saturated rings. The van der Waals surface area contributed by atoms with Crippen LogP contribution >= 0.6 is 0 Å². The van der Waals surface area contributed by atoms with Crippen molar-refractivity contribution >= 4 is 20.2 Å². The average molecular weight is 208 g/mol. The third-order valence-electron chi connectivity index (χ3n) is 0.892. The molecule has 0 saturated heterocycles. The first-order chi connectivity index (χ1) is 3.27. The van der Waals surface area contributed by atoms with Crippen LogP contribution in [0.25, 0.3) is 0 Å². The molecule has 0 atom stereocenters. The molecule has 0 rings (SSSR count). The van der Waals surface area contributed by atoms with Crippen molar-refractivity contribution in [1.82, 2.24) is 0 Å². The maximum atomic E-state index is 8.88. The van der Waals surface area contributed by atoms with Crippen LogP contribution in [0.15, 0.2) is 0 Å². The van der Waals surface area contributed by atoms with Gasteiger partial charge in [-0.15, -0.1) is 0 Å². The molecule has 0 aromatic heterocycles. The molecule has 7 heavy (non-hydrogen) atoms. The van der Waals surface area contributed by atoms with Crippen LogP contribution in [0.4, 0.5) is 0 Å². The second-order valence-corrected chi connectivity index (χ2v) is 7.46. The zero-order valence-electron chi connectivity index (χ0n) is 5.07. The van der Waals surface area contributed by atoms with Crippen LogP contribution in [0.1, 0.15) is 19.8 Å². The van der Waals surface area contributed by atoms with Gasteiger partial charge in [0.25, 0.3) is 0 Å². The summed E-state index contributed by atoms with van der Waals surface area (Å²) in [5.74, 6) is 0. The Bertz CT molecular complexity index is 37.1. The third-order valence-corrected chi connectivity index (χ3v) is 3.97. The molecule has 0 aromatic rings. The molecule has 0 unspecified atom stereocenters. The third kappa shape index (κ3) is 6.76. The molecule has 0 aliphatic rings. The van der Waals surface area contributed by atoms with Gasteiger partial charge in [0.1, 0.15) is 0 Å². The molecular weight excluding hydrogens is 195 g/mol. The van der Waals surface area contributed by atoms with Gasteiger partial charge in [0.15, 0.2) is 0 Å². The Morgan fingerprint density at radius 1 is 1.57 bits per heavy atom. The van der Waals surface area contributed by atoms with Crippen molar-refractivity contribution in [3.05, 3.63) is 0 Å². The van der Waals surface area contributed by atoms with E-state index in [0.29, 0.717) is 0 Å². The summed E-state index contributed by atoms with van der Waals surface area (Å²) >= 11 is -1.64. The van der Waals surface area contributed by atoms with Gasteiger partial charge in [0.2, 0.25) is 0 Å². The maximum absolute atomic E-state index is 8.88. The average Bonchev–Trinajstić information content (AvgIpc) is 1.61. The molecule has 0 spiro atoms. The van der Waals surface area contributed by atoms with Crippen molar-refractivity contribution in [2.24, 2.45) is 0 Å². The predicted molar refractivity (Wildman–Crippen MR) is 33.6 cm³/mol. The van der Waals surface area contributed by atoms with Crippen LogP contribution in [0.3, 0.4) is 0 Å². The summed E-state index contributed by atoms with van der Waals surface area (Å²) < 4.78 is 10.0. The topological polar surface area (TPSA) is 20.2 Å². The van der Waals surface area contributed by atoms with Crippen molar-refractivity contribution in [3.63, 3.8) is 0 Å². The van der Waals surface area contributed by atoms with E-state index in [2.05, 4.69) is 6.92 Å². The van der Waals surface area contributed by atoms with E-state index in [1.807, 2.05) is 4.94 Å². The van der Waals surface area contributed by atoms with Crippen LogP contribution in [0, 0.1) is 0 Å². The molecule has 0 bridgehead atoms. The van der Waals surface area contributed by atoms with Gasteiger partial charge in [-0.3, -0.25) is 0 Å². The quantitative estimate of drug-likeness (QED) is 0.694. The van der Waals surface area contributed by atoms with Gasteiger partial charge in [-0.1, -0.05) is 0 Å². The Labute approximate surface area is 53.0 Å². The van der Waals surface area contributed by atoms with Gasteiger partial charge >= 0.3 is 52.8 Å². The van der Waals surface area contributed by atoms with Gasteiger partial charge < -0.3 is 0 Å². The first-order valence-electron chi connectivity index (χ1n) is 2.78. The summed E-state index contributed by atoms with van der Waals surface area (Å²) in [6.45, 7) is 2.16. The van der Waals surface area contributed by atoms with Crippen molar-refractivity contribution < 1.29 is 3.44 Å². The standard InChI is InChI=1S/C4H9.CH3.H2O.Sn/c1-3-4-2;;;/h1,3-4H2,2H3;1H3;1H2;/q;;;+1/p-1. The summed E-state index contributed by atoms with van der Waals surface area (Å²) in [5, 5.41) is 0. The van der Waals surface area contributed by atoms with E-state index in [4.69, 9.17) is 3.44 Å². The van der Waals surface area contributed by atoms with Crippen LogP contribution in [-0.4, -0.2) is 23.6 Å². The fraction of sp³-hybridized carbons (Fsp3) is 1.00. The Morgan fingerprint density at radius 3 is 2.29 bits per heavy atom.